The van der Waals surface area contributed by atoms with E-state index in [0.717, 1.165) is 25.2 Å². The standard InChI is InChI=1S/C4H8Cl3P/c5-8(6,7)3-1-2-4-8/h1-4H2. The molecule has 4 heteroatoms. The molecule has 0 unspecified atom stereocenters. The second-order valence-corrected chi connectivity index (χ2v) is 14.3. The average Bonchev–Trinajstić information content (AvgIpc) is 1.81. The van der Waals surface area contributed by atoms with Crippen LogP contribution >= 0.6 is 38.4 Å². The molecular weight excluding hydrogens is 185 g/mol. The molecule has 0 aromatic rings. The summed E-state index contributed by atoms with van der Waals surface area (Å²) in [5.41, 5.74) is 0. The topological polar surface area (TPSA) is 0 Å². The van der Waals surface area contributed by atoms with E-state index in [1.807, 2.05) is 0 Å². The third-order valence-corrected chi connectivity index (χ3v) is 6.71. The second-order valence-electron chi connectivity index (χ2n) is 2.29. The molecule has 0 aromatic heterocycles. The molecule has 0 bridgehead atoms. The van der Waals surface area contributed by atoms with Gasteiger partial charge in [-0.2, -0.15) is 0 Å². The Morgan fingerprint density at radius 2 is 1.25 bits per heavy atom. The molecule has 1 heterocycles. The quantitative estimate of drug-likeness (QED) is 0.513. The third kappa shape index (κ3) is 1.92. The average molecular weight is 193 g/mol. The Bertz CT molecular complexity index is 93.6. The molecule has 0 amide bonds. The number of halogens is 3. The van der Waals surface area contributed by atoms with Gasteiger partial charge in [0.15, 0.2) is 0 Å². The van der Waals surface area contributed by atoms with Gasteiger partial charge in [-0.1, -0.05) is 0 Å². The fraction of sp³-hybridized carbons (Fsp3) is 1.00. The summed E-state index contributed by atoms with van der Waals surface area (Å²) in [7, 11) is 0. The van der Waals surface area contributed by atoms with Gasteiger partial charge in [-0.3, -0.25) is 0 Å². The Morgan fingerprint density at radius 3 is 1.38 bits per heavy atom. The first-order valence-electron chi connectivity index (χ1n) is 2.64. The van der Waals surface area contributed by atoms with Gasteiger partial charge in [-0.25, -0.2) is 0 Å². The molecular formula is C4H8Cl3P. The molecule has 8 heavy (non-hydrogen) atoms. The first kappa shape index (κ1) is 7.41. The van der Waals surface area contributed by atoms with Crippen LogP contribution in [-0.4, -0.2) is 12.3 Å². The van der Waals surface area contributed by atoms with E-state index < -0.39 is 4.66 Å². The van der Waals surface area contributed by atoms with E-state index in [2.05, 4.69) is 0 Å². The third-order valence-electron chi connectivity index (χ3n) is 1.39. The molecule has 0 radical (unpaired) electrons. The van der Waals surface area contributed by atoms with Gasteiger partial charge in [0.25, 0.3) is 0 Å². The molecule has 0 saturated carbocycles. The van der Waals surface area contributed by atoms with Crippen LogP contribution in [0.2, 0.25) is 0 Å². The van der Waals surface area contributed by atoms with Gasteiger partial charge >= 0.3 is 63.5 Å². The molecule has 1 rings (SSSR count). The first-order valence-corrected chi connectivity index (χ1v) is 7.96. The van der Waals surface area contributed by atoms with Crippen LogP contribution in [0.3, 0.4) is 0 Å². The first-order chi connectivity index (χ1) is 3.47. The van der Waals surface area contributed by atoms with E-state index in [4.69, 9.17) is 33.7 Å². The van der Waals surface area contributed by atoms with Crippen molar-refractivity contribution >= 4 is 38.4 Å². The van der Waals surface area contributed by atoms with Gasteiger partial charge < -0.3 is 0 Å². The Morgan fingerprint density at radius 1 is 0.875 bits per heavy atom. The van der Waals surface area contributed by atoms with Gasteiger partial charge in [0.2, 0.25) is 0 Å². The van der Waals surface area contributed by atoms with Crippen molar-refractivity contribution < 1.29 is 0 Å². The van der Waals surface area contributed by atoms with E-state index in [-0.39, 0.29) is 0 Å². The molecule has 0 atom stereocenters. The molecule has 1 saturated heterocycles. The summed E-state index contributed by atoms with van der Waals surface area (Å²) < 4.78 is -2.57. The van der Waals surface area contributed by atoms with Crippen LogP contribution in [0.15, 0.2) is 0 Å². The minimum absolute atomic E-state index is 0.844. The predicted octanol–water partition coefficient (Wildman–Crippen LogP) is 3.79. The zero-order valence-corrected chi connectivity index (χ0v) is 7.57. The molecule has 50 valence electrons. The van der Waals surface area contributed by atoms with Crippen molar-refractivity contribution in [3.05, 3.63) is 0 Å². The predicted molar refractivity (Wildman–Crippen MR) is 43.4 cm³/mol. The molecule has 1 aliphatic rings. The fourth-order valence-electron chi connectivity index (χ4n) is 0.918. The molecule has 0 N–H and O–H groups in total. The van der Waals surface area contributed by atoms with Gasteiger partial charge in [0.05, 0.1) is 0 Å². The molecule has 0 aliphatic carbocycles. The Labute approximate surface area is 63.8 Å². The van der Waals surface area contributed by atoms with Crippen LogP contribution in [0.4, 0.5) is 0 Å². The van der Waals surface area contributed by atoms with Crippen molar-refractivity contribution in [3.8, 4) is 0 Å². The SMILES string of the molecule is ClP1(Cl)(Cl)CCCC1. The number of rotatable bonds is 0. The minimum atomic E-state index is -2.57. The maximum absolute atomic E-state index is 5.88. The summed E-state index contributed by atoms with van der Waals surface area (Å²) in [6.45, 7) is 0. The van der Waals surface area contributed by atoms with Crippen molar-refractivity contribution in [1.82, 2.24) is 0 Å². The van der Waals surface area contributed by atoms with E-state index in [1.54, 1.807) is 0 Å². The van der Waals surface area contributed by atoms with Crippen LogP contribution in [0, 0.1) is 0 Å². The molecule has 1 fully saturated rings. The maximum atomic E-state index is 5.88. The number of hydrogen-bond acceptors (Lipinski definition) is 0. The van der Waals surface area contributed by atoms with Gasteiger partial charge in [0.1, 0.15) is 0 Å². The van der Waals surface area contributed by atoms with Gasteiger partial charge in [-0.05, 0) is 0 Å². The zero-order valence-electron chi connectivity index (χ0n) is 4.41. The van der Waals surface area contributed by atoms with Crippen LogP contribution in [0.25, 0.3) is 0 Å². The Kier molecular flexibility index (Phi) is 1.75. The van der Waals surface area contributed by atoms with Crippen LogP contribution in [-0.2, 0) is 0 Å². The second kappa shape index (κ2) is 1.89. The van der Waals surface area contributed by atoms with Gasteiger partial charge in [-0.15, -0.1) is 0 Å². The molecule has 0 aromatic carbocycles. The van der Waals surface area contributed by atoms with E-state index in [9.17, 15) is 0 Å². The van der Waals surface area contributed by atoms with Crippen LogP contribution in [0.5, 0.6) is 0 Å². The monoisotopic (exact) mass is 192 g/mol. The van der Waals surface area contributed by atoms with Crippen molar-refractivity contribution in [2.45, 2.75) is 12.8 Å². The molecule has 0 spiro atoms. The Balaban J connectivity index is 2.67. The zero-order chi connectivity index (χ0) is 6.28. The summed E-state index contributed by atoms with van der Waals surface area (Å²) in [6, 6.07) is 0. The van der Waals surface area contributed by atoms with Crippen LogP contribution < -0.4 is 0 Å². The summed E-state index contributed by atoms with van der Waals surface area (Å²) >= 11 is 17.7. The van der Waals surface area contributed by atoms with E-state index >= 15 is 0 Å². The van der Waals surface area contributed by atoms with Crippen molar-refractivity contribution in [2.75, 3.05) is 12.3 Å². The Hall–Kier alpha value is 1.30. The van der Waals surface area contributed by atoms with E-state index in [0.29, 0.717) is 0 Å². The number of hydrogen-bond donors (Lipinski definition) is 0. The molecule has 0 nitrogen and oxygen atoms in total. The van der Waals surface area contributed by atoms with Crippen LogP contribution in [0.1, 0.15) is 12.8 Å². The molecule has 1 aliphatic heterocycles. The van der Waals surface area contributed by atoms with Crippen molar-refractivity contribution in [3.63, 3.8) is 0 Å². The van der Waals surface area contributed by atoms with Crippen molar-refractivity contribution in [1.29, 1.82) is 0 Å². The normalized spacial score (nSPS) is 38.1. The summed E-state index contributed by atoms with van der Waals surface area (Å²) in [5, 5.41) is 0. The fourth-order valence-corrected chi connectivity index (χ4v) is 4.90. The van der Waals surface area contributed by atoms with E-state index in [1.165, 1.54) is 0 Å². The van der Waals surface area contributed by atoms with Gasteiger partial charge in [0, 0.05) is 0 Å². The summed E-state index contributed by atoms with van der Waals surface area (Å²) in [4.78, 5) is 0. The van der Waals surface area contributed by atoms with Crippen molar-refractivity contribution in [2.24, 2.45) is 0 Å². The summed E-state index contributed by atoms with van der Waals surface area (Å²) in [6.07, 6.45) is 3.90. The summed E-state index contributed by atoms with van der Waals surface area (Å²) in [5.74, 6) is 0.